The van der Waals surface area contributed by atoms with Crippen LogP contribution in [0, 0.1) is 0 Å². The van der Waals surface area contributed by atoms with Crippen LogP contribution in [-0.4, -0.2) is 69.9 Å². The topological polar surface area (TPSA) is 100 Å². The number of nitrogens with one attached hydrogen (secondary N) is 2. The molecule has 0 saturated heterocycles. The van der Waals surface area contributed by atoms with Crippen LogP contribution in [0.4, 0.5) is 23.0 Å². The second kappa shape index (κ2) is 9.34. The summed E-state index contributed by atoms with van der Waals surface area (Å²) in [5.74, 6) is 0.720. The van der Waals surface area contributed by atoms with Gasteiger partial charge in [0.1, 0.15) is 11.4 Å². The first-order valence-corrected chi connectivity index (χ1v) is 13.3. The molecule has 0 unspecified atom stereocenters. The fourth-order valence-corrected chi connectivity index (χ4v) is 6.24. The average Bonchev–Trinajstić information content (AvgIpc) is 3.23. The average molecular weight is 539 g/mol. The standard InChI is InChI=1S/C30H34N8O2/c1-7-26(39)32-21-14-22(25(40-6)15-24(21)37(4)30-16-29(17-30,18-30)36(2)3)34-28-31-13-12-20(33-28)27-19-10-8-9-11-23(19)38(5)35-27/h7-15H,1,16-18H2,2-6H3,(H,32,39)(H,31,33,34). The van der Waals surface area contributed by atoms with Crippen molar-refractivity contribution in [3.63, 3.8) is 0 Å². The highest BCUT2D eigenvalue weighted by atomic mass is 16.5. The van der Waals surface area contributed by atoms with E-state index in [0.717, 1.165) is 41.5 Å². The molecule has 3 saturated carbocycles. The molecule has 2 N–H and O–H groups in total. The summed E-state index contributed by atoms with van der Waals surface area (Å²) in [6.07, 6.45) is 6.23. The molecule has 2 aromatic carbocycles. The number of benzene rings is 2. The van der Waals surface area contributed by atoms with Gasteiger partial charge in [0.15, 0.2) is 0 Å². The minimum atomic E-state index is -0.284. The Balaban J connectivity index is 1.34. The minimum absolute atomic E-state index is 0.0702. The van der Waals surface area contributed by atoms with E-state index < -0.39 is 0 Å². The van der Waals surface area contributed by atoms with Gasteiger partial charge in [-0.1, -0.05) is 24.8 Å². The number of aromatic nitrogens is 4. The van der Waals surface area contributed by atoms with Crippen molar-refractivity contribution >= 4 is 39.8 Å². The van der Waals surface area contributed by atoms with E-state index in [4.69, 9.17) is 14.8 Å². The molecule has 7 rings (SSSR count). The van der Waals surface area contributed by atoms with E-state index in [2.05, 4.69) is 53.1 Å². The number of fused-ring (bicyclic) bond motifs is 1. The summed E-state index contributed by atoms with van der Waals surface area (Å²) in [6, 6.07) is 13.7. The van der Waals surface area contributed by atoms with E-state index in [1.54, 1.807) is 13.3 Å². The van der Waals surface area contributed by atoms with Gasteiger partial charge in [0, 0.05) is 42.8 Å². The second-order valence-corrected chi connectivity index (χ2v) is 11.1. The van der Waals surface area contributed by atoms with E-state index in [1.807, 2.05) is 54.2 Å². The Kier molecular flexibility index (Phi) is 6.03. The minimum Gasteiger partial charge on any atom is -0.494 e. The number of anilines is 4. The van der Waals surface area contributed by atoms with Crippen molar-refractivity contribution in [2.45, 2.75) is 30.3 Å². The summed E-state index contributed by atoms with van der Waals surface area (Å²) in [5.41, 5.74) is 5.03. The number of amides is 1. The molecule has 2 bridgehead atoms. The lowest BCUT2D eigenvalue weighted by Gasteiger charge is -2.75. The summed E-state index contributed by atoms with van der Waals surface area (Å²) >= 11 is 0. The smallest absolute Gasteiger partial charge is 0.247 e. The van der Waals surface area contributed by atoms with Crippen LogP contribution in [0.1, 0.15) is 19.3 Å². The van der Waals surface area contributed by atoms with Gasteiger partial charge in [-0.3, -0.25) is 9.48 Å². The molecule has 0 atom stereocenters. The Labute approximate surface area is 233 Å². The summed E-state index contributed by atoms with van der Waals surface area (Å²) < 4.78 is 7.65. The largest absolute Gasteiger partial charge is 0.494 e. The van der Waals surface area contributed by atoms with Gasteiger partial charge < -0.3 is 25.2 Å². The summed E-state index contributed by atoms with van der Waals surface area (Å²) in [7, 11) is 9.94. The fraction of sp³-hybridized carbons (Fsp3) is 0.333. The first-order chi connectivity index (χ1) is 19.2. The molecular formula is C30H34N8O2. The summed E-state index contributed by atoms with van der Waals surface area (Å²) in [6.45, 7) is 3.63. The molecule has 206 valence electrons. The SMILES string of the molecule is C=CC(=O)Nc1cc(Nc2nccc(-c3nn(C)c4ccccc34)n2)c(OC)cc1N(C)C12CC(N(C)C)(C1)C2. The number of nitrogens with zero attached hydrogens (tertiary/aromatic N) is 6. The van der Waals surface area contributed by atoms with Crippen molar-refractivity contribution in [2.75, 3.05) is 43.8 Å². The van der Waals surface area contributed by atoms with Crippen molar-refractivity contribution in [1.29, 1.82) is 0 Å². The number of aryl methyl sites for hydroxylation is 1. The van der Waals surface area contributed by atoms with Gasteiger partial charge in [0.2, 0.25) is 11.9 Å². The zero-order valence-electron chi connectivity index (χ0n) is 23.5. The zero-order valence-corrected chi connectivity index (χ0v) is 23.5. The molecule has 40 heavy (non-hydrogen) atoms. The summed E-state index contributed by atoms with van der Waals surface area (Å²) in [5, 5.41) is 12.0. The van der Waals surface area contributed by atoms with Crippen molar-refractivity contribution in [2.24, 2.45) is 7.05 Å². The van der Waals surface area contributed by atoms with E-state index in [1.165, 1.54) is 6.08 Å². The number of carbonyl (C=O) groups is 1. The van der Waals surface area contributed by atoms with E-state index >= 15 is 0 Å². The molecule has 1 amide bonds. The predicted molar refractivity (Wildman–Crippen MR) is 158 cm³/mol. The number of para-hydroxylation sites is 1. The Hall–Kier alpha value is -4.44. The number of methoxy groups -OCH3 is 1. The third-order valence-electron chi connectivity index (χ3n) is 8.66. The van der Waals surface area contributed by atoms with Gasteiger partial charge in [-0.15, -0.1) is 0 Å². The van der Waals surface area contributed by atoms with Crippen LogP contribution >= 0.6 is 0 Å². The lowest BCUT2D eigenvalue weighted by atomic mass is 9.43. The van der Waals surface area contributed by atoms with E-state index in [9.17, 15) is 4.79 Å². The molecule has 2 aromatic heterocycles. The first kappa shape index (κ1) is 25.8. The lowest BCUT2D eigenvalue weighted by molar-refractivity contribution is -0.144. The van der Waals surface area contributed by atoms with Gasteiger partial charge in [-0.25, -0.2) is 9.97 Å². The quantitative estimate of drug-likeness (QED) is 0.299. The van der Waals surface area contributed by atoms with Crippen LogP contribution in [0.2, 0.25) is 0 Å². The van der Waals surface area contributed by atoms with E-state index in [0.29, 0.717) is 28.8 Å². The molecule has 4 aromatic rings. The maximum absolute atomic E-state index is 12.4. The van der Waals surface area contributed by atoms with Crippen molar-refractivity contribution in [1.82, 2.24) is 24.6 Å². The van der Waals surface area contributed by atoms with Crippen LogP contribution in [0.3, 0.4) is 0 Å². The molecule has 10 nitrogen and oxygen atoms in total. The normalized spacial score (nSPS) is 20.9. The monoisotopic (exact) mass is 538 g/mol. The third kappa shape index (κ3) is 3.98. The van der Waals surface area contributed by atoms with E-state index in [-0.39, 0.29) is 17.0 Å². The molecule has 3 aliphatic carbocycles. The number of hydrogen-bond donors (Lipinski definition) is 2. The Bertz CT molecular complexity index is 1620. The maximum atomic E-state index is 12.4. The highest BCUT2D eigenvalue weighted by molar-refractivity contribution is 6.02. The molecule has 2 heterocycles. The van der Waals surface area contributed by atoms with Crippen LogP contribution in [0.25, 0.3) is 22.3 Å². The van der Waals surface area contributed by atoms with Crippen LogP contribution in [0.5, 0.6) is 5.75 Å². The second-order valence-electron chi connectivity index (χ2n) is 11.1. The highest BCUT2D eigenvalue weighted by Crippen LogP contribution is 2.66. The Morgan fingerprint density at radius 3 is 2.55 bits per heavy atom. The first-order valence-electron chi connectivity index (χ1n) is 13.3. The summed E-state index contributed by atoms with van der Waals surface area (Å²) in [4.78, 5) is 26.3. The highest BCUT2D eigenvalue weighted by Gasteiger charge is 2.71. The third-order valence-corrected chi connectivity index (χ3v) is 8.66. The number of rotatable bonds is 9. The molecule has 0 aliphatic heterocycles. The maximum Gasteiger partial charge on any atom is 0.247 e. The number of carbonyl (C=O) groups excluding carboxylic acids is 1. The van der Waals surface area contributed by atoms with Crippen molar-refractivity contribution in [3.05, 3.63) is 61.3 Å². The predicted octanol–water partition coefficient (Wildman–Crippen LogP) is 4.58. The van der Waals surface area contributed by atoms with Gasteiger partial charge >= 0.3 is 0 Å². The zero-order chi connectivity index (χ0) is 28.2. The van der Waals surface area contributed by atoms with Gasteiger partial charge in [-0.2, -0.15) is 5.10 Å². The van der Waals surface area contributed by atoms with Crippen LogP contribution < -0.4 is 20.3 Å². The molecule has 0 spiro atoms. The molecule has 3 fully saturated rings. The van der Waals surface area contributed by atoms with Gasteiger partial charge in [0.05, 0.1) is 35.4 Å². The molecule has 10 heteroatoms. The van der Waals surface area contributed by atoms with Crippen molar-refractivity contribution < 1.29 is 9.53 Å². The lowest BCUT2D eigenvalue weighted by Crippen LogP contribution is -2.82. The fourth-order valence-electron chi connectivity index (χ4n) is 6.24. The van der Waals surface area contributed by atoms with Gasteiger partial charge in [-0.05, 0) is 57.6 Å². The Morgan fingerprint density at radius 2 is 1.85 bits per heavy atom. The van der Waals surface area contributed by atoms with Crippen molar-refractivity contribution in [3.8, 4) is 17.1 Å². The van der Waals surface area contributed by atoms with Crippen LogP contribution in [-0.2, 0) is 11.8 Å². The number of ether oxygens (including phenoxy) is 1. The van der Waals surface area contributed by atoms with Gasteiger partial charge in [0.25, 0.3) is 0 Å². The molecule has 0 radical (unpaired) electrons. The number of hydrogen-bond acceptors (Lipinski definition) is 8. The van der Waals surface area contributed by atoms with Crippen LogP contribution in [0.15, 0.2) is 61.3 Å². The Morgan fingerprint density at radius 1 is 1.10 bits per heavy atom. The molecular weight excluding hydrogens is 504 g/mol. The molecule has 3 aliphatic rings.